The topological polar surface area (TPSA) is 41.9 Å². The van der Waals surface area contributed by atoms with E-state index in [0.29, 0.717) is 5.56 Å². The van der Waals surface area contributed by atoms with Crippen LogP contribution in [0.2, 0.25) is 0 Å². The Balaban J connectivity index is 2.12. The maximum Gasteiger partial charge on any atom is 0.338 e. The van der Waals surface area contributed by atoms with Gasteiger partial charge in [-0.3, -0.25) is 0 Å². The van der Waals surface area contributed by atoms with E-state index in [1.807, 2.05) is 44.3 Å². The van der Waals surface area contributed by atoms with Gasteiger partial charge in [-0.05, 0) is 69.7 Å². The number of rotatable bonds is 5. The van der Waals surface area contributed by atoms with Crippen LogP contribution >= 0.6 is 0 Å². The Bertz CT molecular complexity index is 575. The molecule has 0 amide bonds. The van der Waals surface area contributed by atoms with Crippen molar-refractivity contribution in [3.63, 3.8) is 0 Å². The van der Waals surface area contributed by atoms with Crippen molar-refractivity contribution in [3.05, 3.63) is 28.8 Å². The van der Waals surface area contributed by atoms with Crippen LogP contribution in [0, 0.1) is 13.8 Å². The first kappa shape index (κ1) is 17.5. The molecular weight excluding hydrogens is 288 g/mol. The lowest BCUT2D eigenvalue weighted by Gasteiger charge is -2.22. The number of carbonyl (C=O) groups excluding carboxylic acids is 1. The summed E-state index contributed by atoms with van der Waals surface area (Å²) in [6.07, 6.45) is 7.48. The van der Waals surface area contributed by atoms with Crippen molar-refractivity contribution < 1.29 is 9.53 Å². The first-order chi connectivity index (χ1) is 11.0. The van der Waals surface area contributed by atoms with Gasteiger partial charge in [-0.25, -0.2) is 9.79 Å². The molecule has 0 saturated heterocycles. The van der Waals surface area contributed by atoms with Gasteiger partial charge in [0, 0.05) is 13.6 Å². The largest absolute Gasteiger partial charge is 0.459 e. The third-order valence-electron chi connectivity index (χ3n) is 4.48. The standard InChI is InChI=1S/C19H28N2O2/c1-5-21(4)13-20-18-12-14(2)17(11-15(18)3)19(22)23-16-9-7-6-8-10-16/h11-13,16H,5-10H2,1-4H3/b20-13+. The van der Waals surface area contributed by atoms with E-state index in [1.54, 1.807) is 0 Å². The molecule has 1 fully saturated rings. The van der Waals surface area contributed by atoms with Crippen molar-refractivity contribution in [1.29, 1.82) is 0 Å². The van der Waals surface area contributed by atoms with Gasteiger partial charge in [0.05, 0.1) is 17.6 Å². The third-order valence-corrected chi connectivity index (χ3v) is 4.48. The lowest BCUT2D eigenvalue weighted by atomic mass is 9.97. The average Bonchev–Trinajstić information content (AvgIpc) is 2.55. The van der Waals surface area contributed by atoms with E-state index in [9.17, 15) is 4.79 Å². The van der Waals surface area contributed by atoms with Crippen molar-refractivity contribution in [2.75, 3.05) is 13.6 Å². The molecule has 23 heavy (non-hydrogen) atoms. The molecule has 0 N–H and O–H groups in total. The lowest BCUT2D eigenvalue weighted by Crippen LogP contribution is -2.21. The zero-order chi connectivity index (χ0) is 16.8. The summed E-state index contributed by atoms with van der Waals surface area (Å²) in [5.74, 6) is -0.196. The third kappa shape index (κ3) is 4.81. The van der Waals surface area contributed by atoms with Gasteiger partial charge in [0.1, 0.15) is 6.10 Å². The molecule has 1 aliphatic carbocycles. The molecule has 0 bridgehead atoms. The molecule has 4 heteroatoms. The molecule has 1 saturated carbocycles. The van der Waals surface area contributed by atoms with Crippen LogP contribution < -0.4 is 0 Å². The van der Waals surface area contributed by atoms with E-state index in [0.717, 1.165) is 49.0 Å². The molecule has 126 valence electrons. The number of hydrogen-bond donors (Lipinski definition) is 0. The summed E-state index contributed by atoms with van der Waals surface area (Å²) in [7, 11) is 1.99. The summed E-state index contributed by atoms with van der Waals surface area (Å²) in [4.78, 5) is 19.0. The number of aliphatic imine (C=N–C) groups is 1. The first-order valence-corrected chi connectivity index (χ1v) is 8.58. The van der Waals surface area contributed by atoms with E-state index >= 15 is 0 Å². The predicted octanol–water partition coefficient (Wildman–Crippen LogP) is 4.40. The van der Waals surface area contributed by atoms with E-state index in [4.69, 9.17) is 4.74 Å². The van der Waals surface area contributed by atoms with Gasteiger partial charge in [-0.15, -0.1) is 0 Å². The Morgan fingerprint density at radius 1 is 1.26 bits per heavy atom. The fraction of sp³-hybridized carbons (Fsp3) is 0.579. The van der Waals surface area contributed by atoms with Gasteiger partial charge in [0.25, 0.3) is 0 Å². The zero-order valence-electron chi connectivity index (χ0n) is 14.8. The smallest absolute Gasteiger partial charge is 0.338 e. The first-order valence-electron chi connectivity index (χ1n) is 8.58. The van der Waals surface area contributed by atoms with Crippen LogP contribution in [0.5, 0.6) is 0 Å². The van der Waals surface area contributed by atoms with Crippen molar-refractivity contribution in [2.45, 2.75) is 59.0 Å². The number of carbonyl (C=O) groups is 1. The molecule has 0 heterocycles. The summed E-state index contributed by atoms with van der Waals surface area (Å²) in [6.45, 7) is 6.91. The van der Waals surface area contributed by atoms with Crippen LogP contribution in [-0.2, 0) is 4.74 Å². The Morgan fingerprint density at radius 3 is 2.61 bits per heavy atom. The Hall–Kier alpha value is -1.84. The number of esters is 1. The van der Waals surface area contributed by atoms with Crippen LogP contribution in [0.25, 0.3) is 0 Å². The average molecular weight is 316 g/mol. The molecule has 0 atom stereocenters. The highest BCUT2D eigenvalue weighted by Crippen LogP contribution is 2.26. The molecule has 0 spiro atoms. The summed E-state index contributed by atoms with van der Waals surface area (Å²) < 4.78 is 5.68. The number of aryl methyl sites for hydroxylation is 2. The number of nitrogens with zero attached hydrogens (tertiary/aromatic N) is 2. The minimum atomic E-state index is -0.196. The SMILES string of the molecule is CCN(C)/C=N/c1cc(C)c(C(=O)OC2CCCCC2)cc1C. The molecule has 1 aliphatic rings. The summed E-state index contributed by atoms with van der Waals surface area (Å²) in [6, 6.07) is 3.87. The number of benzene rings is 1. The van der Waals surface area contributed by atoms with Crippen LogP contribution in [0.4, 0.5) is 5.69 Å². The Kier molecular flexibility index (Phi) is 6.20. The monoisotopic (exact) mass is 316 g/mol. The molecule has 0 radical (unpaired) electrons. The van der Waals surface area contributed by atoms with Crippen molar-refractivity contribution >= 4 is 18.0 Å². The van der Waals surface area contributed by atoms with Gasteiger partial charge >= 0.3 is 5.97 Å². The molecule has 0 aliphatic heterocycles. The van der Waals surface area contributed by atoms with E-state index < -0.39 is 0 Å². The van der Waals surface area contributed by atoms with Crippen molar-refractivity contribution in [3.8, 4) is 0 Å². The second kappa shape index (κ2) is 8.14. The highest BCUT2D eigenvalue weighted by Gasteiger charge is 2.20. The molecule has 1 aromatic rings. The lowest BCUT2D eigenvalue weighted by molar-refractivity contribution is 0.0210. The molecule has 4 nitrogen and oxygen atoms in total. The van der Waals surface area contributed by atoms with Crippen LogP contribution in [0.15, 0.2) is 17.1 Å². The quantitative estimate of drug-likeness (QED) is 0.459. The highest BCUT2D eigenvalue weighted by atomic mass is 16.5. The van der Waals surface area contributed by atoms with Gasteiger partial charge in [-0.1, -0.05) is 6.42 Å². The summed E-state index contributed by atoms with van der Waals surface area (Å²) in [5, 5.41) is 0. The zero-order valence-corrected chi connectivity index (χ0v) is 14.8. The van der Waals surface area contributed by atoms with Gasteiger partial charge < -0.3 is 9.64 Å². The molecule has 2 rings (SSSR count). The molecular formula is C19H28N2O2. The van der Waals surface area contributed by atoms with E-state index in [2.05, 4.69) is 11.9 Å². The second-order valence-corrected chi connectivity index (χ2v) is 6.44. The van der Waals surface area contributed by atoms with Crippen LogP contribution in [0.3, 0.4) is 0 Å². The minimum Gasteiger partial charge on any atom is -0.459 e. The number of ether oxygens (including phenoxy) is 1. The van der Waals surface area contributed by atoms with Crippen molar-refractivity contribution in [2.24, 2.45) is 4.99 Å². The summed E-state index contributed by atoms with van der Waals surface area (Å²) >= 11 is 0. The molecule has 0 unspecified atom stereocenters. The summed E-state index contributed by atoms with van der Waals surface area (Å²) in [5.41, 5.74) is 3.47. The Labute approximate surface area is 139 Å². The fourth-order valence-electron chi connectivity index (χ4n) is 2.80. The maximum atomic E-state index is 12.4. The second-order valence-electron chi connectivity index (χ2n) is 6.44. The van der Waals surface area contributed by atoms with E-state index in [1.165, 1.54) is 6.42 Å². The highest BCUT2D eigenvalue weighted by molar-refractivity contribution is 5.92. The minimum absolute atomic E-state index is 0.0897. The van der Waals surface area contributed by atoms with E-state index in [-0.39, 0.29) is 12.1 Å². The van der Waals surface area contributed by atoms with Crippen LogP contribution in [0.1, 0.15) is 60.5 Å². The van der Waals surface area contributed by atoms with Gasteiger partial charge in [0.15, 0.2) is 0 Å². The number of hydrogen-bond acceptors (Lipinski definition) is 3. The van der Waals surface area contributed by atoms with Crippen LogP contribution in [-0.4, -0.2) is 36.9 Å². The van der Waals surface area contributed by atoms with Gasteiger partial charge in [-0.2, -0.15) is 0 Å². The Morgan fingerprint density at radius 2 is 1.96 bits per heavy atom. The molecule has 0 aromatic heterocycles. The normalized spacial score (nSPS) is 15.8. The fourth-order valence-corrected chi connectivity index (χ4v) is 2.80. The van der Waals surface area contributed by atoms with Crippen molar-refractivity contribution in [1.82, 2.24) is 4.90 Å². The maximum absolute atomic E-state index is 12.4. The van der Waals surface area contributed by atoms with Gasteiger partial charge in [0.2, 0.25) is 0 Å². The predicted molar refractivity (Wildman–Crippen MR) is 94.7 cm³/mol. The molecule has 1 aromatic carbocycles.